The molecular formula is C34H56N8O2. The van der Waals surface area contributed by atoms with Crippen LogP contribution >= 0.6 is 0 Å². The second kappa shape index (κ2) is 20.1. The third-order valence-electron chi connectivity index (χ3n) is 7.76. The lowest BCUT2D eigenvalue weighted by atomic mass is 10.1. The van der Waals surface area contributed by atoms with Gasteiger partial charge in [-0.2, -0.15) is 0 Å². The van der Waals surface area contributed by atoms with Crippen molar-refractivity contribution in [2.45, 2.75) is 72.1 Å². The number of unbranched alkanes of at least 4 members (excludes halogenated alkanes) is 1. The molecular weight excluding hydrogens is 552 g/mol. The molecule has 0 aliphatic rings. The Labute approximate surface area is 265 Å². The molecule has 3 rings (SSSR count). The van der Waals surface area contributed by atoms with Gasteiger partial charge in [0.2, 0.25) is 0 Å². The predicted octanol–water partition coefficient (Wildman–Crippen LogP) is 4.54. The number of rotatable bonds is 23. The normalized spacial score (nSPS) is 11.8. The van der Waals surface area contributed by atoms with Gasteiger partial charge in [0.1, 0.15) is 18.3 Å². The lowest BCUT2D eigenvalue weighted by Gasteiger charge is -2.24. The summed E-state index contributed by atoms with van der Waals surface area (Å²) in [6, 6.07) is 8.91. The highest BCUT2D eigenvalue weighted by molar-refractivity contribution is 5.69. The Morgan fingerprint density at radius 3 is 2.02 bits per heavy atom. The van der Waals surface area contributed by atoms with Crippen molar-refractivity contribution in [2.75, 3.05) is 60.0 Å². The van der Waals surface area contributed by atoms with E-state index in [0.29, 0.717) is 26.1 Å². The molecule has 0 aliphatic carbocycles. The summed E-state index contributed by atoms with van der Waals surface area (Å²) < 4.78 is 7.53. The maximum Gasteiger partial charge on any atom is 0.307 e. The molecule has 0 atom stereocenters. The molecule has 3 aromatic rings. The number of esters is 1. The zero-order chi connectivity index (χ0) is 31.6. The number of nitrogens with zero attached hydrogens (tertiary/aromatic N) is 7. The number of hydrogen-bond acceptors (Lipinski definition) is 8. The van der Waals surface area contributed by atoms with E-state index in [-0.39, 0.29) is 5.97 Å². The first kappa shape index (κ1) is 35.4. The molecule has 0 spiro atoms. The van der Waals surface area contributed by atoms with E-state index in [9.17, 15) is 4.79 Å². The van der Waals surface area contributed by atoms with Crippen LogP contribution in [-0.2, 0) is 42.8 Å². The fourth-order valence-electron chi connectivity index (χ4n) is 5.35. The first-order valence-corrected chi connectivity index (χ1v) is 16.4. The molecule has 0 saturated heterocycles. The second-order valence-corrected chi connectivity index (χ2v) is 12.1. The summed E-state index contributed by atoms with van der Waals surface area (Å²) in [6.07, 6.45) is 12.6. The fraction of sp³-hybridized carbons (Fsp3) is 0.618. The van der Waals surface area contributed by atoms with Gasteiger partial charge in [-0.15, -0.1) is 0 Å². The van der Waals surface area contributed by atoms with Crippen LogP contribution in [0.1, 0.15) is 68.7 Å². The van der Waals surface area contributed by atoms with Gasteiger partial charge in [0.05, 0.1) is 19.5 Å². The third-order valence-corrected chi connectivity index (χ3v) is 7.76. The fourth-order valence-corrected chi connectivity index (χ4v) is 5.35. The number of likely N-dealkylation sites (N-methyl/N-ethyl adjacent to an activating group) is 1. The summed E-state index contributed by atoms with van der Waals surface area (Å²) in [4.78, 5) is 34.0. The molecule has 0 fully saturated rings. The van der Waals surface area contributed by atoms with Crippen LogP contribution in [0.15, 0.2) is 49.1 Å². The van der Waals surface area contributed by atoms with E-state index in [1.807, 2.05) is 44.6 Å². The number of aromatic amines is 1. The Balaban J connectivity index is 1.58. The number of ether oxygens (including phenoxy) is 1. The van der Waals surface area contributed by atoms with Crippen LogP contribution in [0.2, 0.25) is 0 Å². The van der Waals surface area contributed by atoms with Gasteiger partial charge in [-0.1, -0.05) is 38.1 Å². The Morgan fingerprint density at radius 1 is 0.795 bits per heavy atom. The summed E-state index contributed by atoms with van der Waals surface area (Å²) in [6.45, 7) is 13.9. The maximum absolute atomic E-state index is 12.4. The van der Waals surface area contributed by atoms with E-state index in [2.05, 4.69) is 72.3 Å². The molecule has 244 valence electrons. The number of carbonyl (C=O) groups is 1. The quantitative estimate of drug-likeness (QED) is 0.124. The number of benzene rings is 1. The number of H-pyrrole nitrogens is 1. The van der Waals surface area contributed by atoms with Gasteiger partial charge in [-0.05, 0) is 77.1 Å². The molecule has 0 bridgehead atoms. The monoisotopic (exact) mass is 608 g/mol. The molecule has 0 saturated carbocycles. The van der Waals surface area contributed by atoms with Crippen LogP contribution in [0, 0.1) is 0 Å². The van der Waals surface area contributed by atoms with Crippen molar-refractivity contribution in [3.05, 3.63) is 71.8 Å². The minimum atomic E-state index is -0.117. The minimum absolute atomic E-state index is 0.117. The van der Waals surface area contributed by atoms with Crippen molar-refractivity contribution in [2.24, 2.45) is 7.05 Å². The van der Waals surface area contributed by atoms with Crippen LogP contribution in [0.3, 0.4) is 0 Å². The van der Waals surface area contributed by atoms with E-state index >= 15 is 0 Å². The molecule has 44 heavy (non-hydrogen) atoms. The van der Waals surface area contributed by atoms with E-state index in [1.54, 1.807) is 6.20 Å². The van der Waals surface area contributed by atoms with E-state index < -0.39 is 0 Å². The Hall–Kier alpha value is -3.05. The Bertz CT molecular complexity index is 1160. The number of aryl methyl sites for hydroxylation is 1. The van der Waals surface area contributed by atoms with Gasteiger partial charge in [-0.3, -0.25) is 14.6 Å². The smallest absolute Gasteiger partial charge is 0.307 e. The Kier molecular flexibility index (Phi) is 16.2. The standard InChI is InChI=1S/C34H56N8O2/c1-6-18-40(19-7-2)20-8-9-21-41(22-14-34(43)44-25-24-38(3)4)26-30-10-12-31(13-11-30)27-42(28-32-35-15-16-36-32)29-33-37-17-23-39(33)5/h10-13,15-17,23H,6-9,14,18-22,24-29H2,1-5H3,(H,35,36). The third kappa shape index (κ3) is 13.7. The molecule has 10 heteroatoms. The SMILES string of the molecule is CCCN(CCC)CCCCN(CCC(=O)OCCN(C)C)Cc1ccc(CN(Cc2ncc[nH]2)Cc2nccn2C)cc1. The number of imidazole rings is 2. The van der Waals surface area contributed by atoms with Crippen molar-refractivity contribution in [1.29, 1.82) is 0 Å². The largest absolute Gasteiger partial charge is 0.464 e. The van der Waals surface area contributed by atoms with E-state index in [0.717, 1.165) is 57.3 Å². The van der Waals surface area contributed by atoms with Crippen molar-refractivity contribution >= 4 is 5.97 Å². The van der Waals surface area contributed by atoms with Gasteiger partial charge in [0.25, 0.3) is 0 Å². The molecule has 0 radical (unpaired) electrons. The van der Waals surface area contributed by atoms with Gasteiger partial charge >= 0.3 is 5.97 Å². The summed E-state index contributed by atoms with van der Waals surface area (Å²) in [7, 11) is 6.00. The topological polar surface area (TPSA) is 85.8 Å². The lowest BCUT2D eigenvalue weighted by Crippen LogP contribution is -2.30. The zero-order valence-electron chi connectivity index (χ0n) is 27.9. The zero-order valence-corrected chi connectivity index (χ0v) is 27.9. The van der Waals surface area contributed by atoms with Crippen molar-refractivity contribution in [3.8, 4) is 0 Å². The van der Waals surface area contributed by atoms with Gasteiger partial charge < -0.3 is 24.1 Å². The predicted molar refractivity (Wildman–Crippen MR) is 177 cm³/mol. The second-order valence-electron chi connectivity index (χ2n) is 12.1. The average molecular weight is 609 g/mol. The van der Waals surface area contributed by atoms with Gasteiger partial charge in [0, 0.05) is 58.0 Å². The molecule has 0 amide bonds. The highest BCUT2D eigenvalue weighted by Gasteiger charge is 2.14. The van der Waals surface area contributed by atoms with Gasteiger partial charge in [-0.25, -0.2) is 9.97 Å². The summed E-state index contributed by atoms with van der Waals surface area (Å²) >= 11 is 0. The van der Waals surface area contributed by atoms with Crippen molar-refractivity contribution in [3.63, 3.8) is 0 Å². The Morgan fingerprint density at radius 2 is 1.45 bits per heavy atom. The van der Waals surface area contributed by atoms with E-state index in [1.165, 1.54) is 43.5 Å². The number of carbonyl (C=O) groups excluding carboxylic acids is 1. The number of aromatic nitrogens is 4. The summed E-state index contributed by atoms with van der Waals surface area (Å²) in [5.41, 5.74) is 2.51. The first-order valence-electron chi connectivity index (χ1n) is 16.4. The number of nitrogens with one attached hydrogen (secondary N) is 1. The van der Waals surface area contributed by atoms with Crippen molar-refractivity contribution in [1.82, 2.24) is 39.1 Å². The maximum atomic E-state index is 12.4. The molecule has 2 heterocycles. The molecule has 0 unspecified atom stereocenters. The van der Waals surface area contributed by atoms with Crippen LogP contribution in [0.4, 0.5) is 0 Å². The van der Waals surface area contributed by atoms with Gasteiger partial charge in [0.15, 0.2) is 0 Å². The lowest BCUT2D eigenvalue weighted by molar-refractivity contribution is -0.144. The van der Waals surface area contributed by atoms with Crippen molar-refractivity contribution < 1.29 is 9.53 Å². The molecule has 0 aliphatic heterocycles. The van der Waals surface area contributed by atoms with Crippen LogP contribution in [0.25, 0.3) is 0 Å². The number of hydrogen-bond donors (Lipinski definition) is 1. The first-order chi connectivity index (χ1) is 21.4. The molecule has 1 N–H and O–H groups in total. The molecule has 1 aromatic carbocycles. The highest BCUT2D eigenvalue weighted by Crippen LogP contribution is 2.15. The minimum Gasteiger partial charge on any atom is -0.464 e. The summed E-state index contributed by atoms with van der Waals surface area (Å²) in [5.74, 6) is 1.85. The average Bonchev–Trinajstić information content (AvgIpc) is 3.66. The van der Waals surface area contributed by atoms with Crippen LogP contribution in [-0.4, -0.2) is 105 Å². The van der Waals surface area contributed by atoms with Crippen LogP contribution < -0.4 is 0 Å². The molecule has 2 aromatic heterocycles. The molecule has 10 nitrogen and oxygen atoms in total. The highest BCUT2D eigenvalue weighted by atomic mass is 16.5. The van der Waals surface area contributed by atoms with E-state index in [4.69, 9.17) is 4.74 Å². The van der Waals surface area contributed by atoms with Crippen LogP contribution in [0.5, 0.6) is 0 Å². The summed E-state index contributed by atoms with van der Waals surface area (Å²) in [5, 5.41) is 0.